The molecule has 0 aliphatic rings. The van der Waals surface area contributed by atoms with Crippen LogP contribution in [-0.2, 0) is 32.2 Å². The van der Waals surface area contributed by atoms with Gasteiger partial charge in [-0.2, -0.15) is 0 Å². The summed E-state index contributed by atoms with van der Waals surface area (Å²) in [4.78, 5) is 48.8. The molecule has 1 amide bonds. The summed E-state index contributed by atoms with van der Waals surface area (Å²) in [5.74, 6) is -2.47. The van der Waals surface area contributed by atoms with Gasteiger partial charge >= 0.3 is 12.1 Å². The van der Waals surface area contributed by atoms with Gasteiger partial charge in [0.15, 0.2) is 0 Å². The molecule has 0 aromatic heterocycles. The second kappa shape index (κ2) is 10.9. The fourth-order valence-corrected chi connectivity index (χ4v) is 3.01. The van der Waals surface area contributed by atoms with Crippen molar-refractivity contribution in [2.45, 2.75) is 32.9 Å². The molecule has 0 spiro atoms. The Balaban J connectivity index is 2.28. The first-order valence-corrected chi connectivity index (χ1v) is 9.60. The van der Waals surface area contributed by atoms with E-state index in [4.69, 9.17) is 9.47 Å². The summed E-state index contributed by atoms with van der Waals surface area (Å²) in [5.41, 5.74) is 1.11. The van der Waals surface area contributed by atoms with Crippen LogP contribution in [0.2, 0.25) is 0 Å². The minimum atomic E-state index is -1.25. The number of hydrogen-bond acceptors (Lipinski definition) is 7. The van der Waals surface area contributed by atoms with E-state index in [1.165, 1.54) is 37.1 Å². The third kappa shape index (κ3) is 6.36. The van der Waals surface area contributed by atoms with Gasteiger partial charge in [-0.05, 0) is 30.5 Å². The Kier molecular flexibility index (Phi) is 8.25. The predicted octanol–water partition coefficient (Wildman–Crippen LogP) is 3.60. The lowest BCUT2D eigenvalue weighted by Gasteiger charge is -2.21. The summed E-state index contributed by atoms with van der Waals surface area (Å²) >= 11 is 0. The Labute approximate surface area is 179 Å². The number of benzene rings is 2. The van der Waals surface area contributed by atoms with Crippen LogP contribution in [0, 0.1) is 10.1 Å². The summed E-state index contributed by atoms with van der Waals surface area (Å²) in [6.45, 7) is 2.89. The fourth-order valence-electron chi connectivity index (χ4n) is 3.01. The zero-order valence-electron chi connectivity index (χ0n) is 17.6. The maximum atomic E-state index is 12.4. The number of esters is 1. The number of nitrogens with zero attached hydrogens (tertiary/aromatic N) is 2. The first-order valence-electron chi connectivity index (χ1n) is 9.60. The molecular weight excluding hydrogens is 404 g/mol. The maximum absolute atomic E-state index is 12.4. The summed E-state index contributed by atoms with van der Waals surface area (Å²) in [5, 5.41) is 11.2. The quantitative estimate of drug-likeness (QED) is 0.259. The number of carbonyl (C=O) groups is 3. The van der Waals surface area contributed by atoms with Crippen molar-refractivity contribution in [1.29, 1.82) is 0 Å². The second-order valence-electron chi connectivity index (χ2n) is 6.83. The third-order valence-corrected chi connectivity index (χ3v) is 4.50. The van der Waals surface area contributed by atoms with Crippen LogP contribution in [0.4, 0.5) is 10.5 Å². The molecule has 0 fully saturated rings. The Hall–Kier alpha value is -3.75. The van der Waals surface area contributed by atoms with E-state index < -0.39 is 28.7 Å². The summed E-state index contributed by atoms with van der Waals surface area (Å²) < 4.78 is 10.3. The van der Waals surface area contributed by atoms with Crippen molar-refractivity contribution in [2.75, 3.05) is 13.7 Å². The molecule has 0 radical (unpaired) electrons. The molecule has 0 heterocycles. The number of nitro benzene ring substituents is 1. The van der Waals surface area contributed by atoms with E-state index in [1.54, 1.807) is 6.92 Å². The molecule has 0 aliphatic carbocycles. The van der Waals surface area contributed by atoms with Gasteiger partial charge in [-0.1, -0.05) is 36.4 Å². The van der Waals surface area contributed by atoms with Crippen LogP contribution in [-0.4, -0.2) is 41.3 Å². The molecule has 0 N–H and O–H groups in total. The number of amides is 1. The number of hydrogen-bond donors (Lipinski definition) is 0. The van der Waals surface area contributed by atoms with E-state index >= 15 is 0 Å². The average molecular weight is 428 g/mol. The van der Waals surface area contributed by atoms with E-state index in [0.29, 0.717) is 0 Å². The molecule has 1 atom stereocenters. The number of Topliss-reactive ketones (excluding diaryl/α,β-unsaturated/α-hetero) is 1. The molecule has 0 aliphatic heterocycles. The zero-order valence-corrected chi connectivity index (χ0v) is 17.6. The van der Waals surface area contributed by atoms with Crippen molar-refractivity contribution in [3.63, 3.8) is 0 Å². The standard InChI is InChI=1S/C22H24N2O7/c1-4-30-21(26)20(15(2)25)19-11-10-18(24(28)29)12-17(19)13-23(3)22(27)31-14-16-8-6-5-7-9-16/h5-12,20H,4,13-14H2,1-3H3. The summed E-state index contributed by atoms with van der Waals surface area (Å²) in [6.07, 6.45) is -0.656. The van der Waals surface area contributed by atoms with Crippen molar-refractivity contribution in [2.24, 2.45) is 0 Å². The van der Waals surface area contributed by atoms with Gasteiger partial charge in [-0.3, -0.25) is 19.7 Å². The zero-order chi connectivity index (χ0) is 23.0. The normalized spacial score (nSPS) is 11.3. The summed E-state index contributed by atoms with van der Waals surface area (Å²) in [6, 6.07) is 12.9. The number of non-ortho nitro benzene ring substituents is 1. The molecule has 164 valence electrons. The molecule has 1 unspecified atom stereocenters. The lowest BCUT2D eigenvalue weighted by atomic mass is 9.90. The number of carbonyl (C=O) groups excluding carboxylic acids is 3. The SMILES string of the molecule is CCOC(=O)C(C(C)=O)c1ccc([N+](=O)[O-])cc1CN(C)C(=O)OCc1ccccc1. The van der Waals surface area contributed by atoms with Gasteiger partial charge in [-0.25, -0.2) is 4.79 Å². The first-order chi connectivity index (χ1) is 14.7. The molecular formula is C22H24N2O7. The highest BCUT2D eigenvalue weighted by Crippen LogP contribution is 2.28. The van der Waals surface area contributed by atoms with Crippen LogP contribution >= 0.6 is 0 Å². The number of ketones is 1. The van der Waals surface area contributed by atoms with Crippen LogP contribution in [0.25, 0.3) is 0 Å². The molecule has 0 bridgehead atoms. The largest absolute Gasteiger partial charge is 0.465 e. The smallest absolute Gasteiger partial charge is 0.410 e. The number of rotatable bonds is 9. The Morgan fingerprint density at radius 1 is 1.10 bits per heavy atom. The fraction of sp³-hybridized carbons (Fsp3) is 0.318. The average Bonchev–Trinajstić information content (AvgIpc) is 2.73. The van der Waals surface area contributed by atoms with Gasteiger partial charge in [0.05, 0.1) is 11.5 Å². The minimum absolute atomic E-state index is 0.0602. The Bertz CT molecular complexity index is 960. The van der Waals surface area contributed by atoms with Crippen LogP contribution < -0.4 is 0 Å². The molecule has 0 saturated carbocycles. The monoisotopic (exact) mass is 428 g/mol. The molecule has 2 aromatic rings. The highest BCUT2D eigenvalue weighted by Gasteiger charge is 2.30. The van der Waals surface area contributed by atoms with Crippen LogP contribution in [0.1, 0.15) is 36.5 Å². The van der Waals surface area contributed by atoms with Crippen molar-refractivity contribution in [1.82, 2.24) is 4.90 Å². The van der Waals surface area contributed by atoms with Crippen molar-refractivity contribution < 1.29 is 28.8 Å². The van der Waals surface area contributed by atoms with E-state index in [2.05, 4.69) is 0 Å². The molecule has 2 aromatic carbocycles. The number of nitro groups is 1. The molecule has 9 nitrogen and oxygen atoms in total. The van der Waals surface area contributed by atoms with Crippen LogP contribution in [0.15, 0.2) is 48.5 Å². The number of ether oxygens (including phenoxy) is 2. The minimum Gasteiger partial charge on any atom is -0.465 e. The van der Waals surface area contributed by atoms with E-state index in [1.807, 2.05) is 30.3 Å². The predicted molar refractivity (Wildman–Crippen MR) is 111 cm³/mol. The van der Waals surface area contributed by atoms with Gasteiger partial charge in [-0.15, -0.1) is 0 Å². The van der Waals surface area contributed by atoms with Gasteiger partial charge in [0, 0.05) is 25.7 Å². The van der Waals surface area contributed by atoms with Gasteiger partial charge in [0.2, 0.25) is 0 Å². The van der Waals surface area contributed by atoms with Crippen molar-refractivity contribution in [3.05, 3.63) is 75.3 Å². The van der Waals surface area contributed by atoms with E-state index in [0.717, 1.165) is 5.56 Å². The lowest BCUT2D eigenvalue weighted by molar-refractivity contribution is -0.384. The van der Waals surface area contributed by atoms with Gasteiger partial charge < -0.3 is 14.4 Å². The summed E-state index contributed by atoms with van der Waals surface area (Å²) in [7, 11) is 1.46. The van der Waals surface area contributed by atoms with E-state index in [-0.39, 0.29) is 36.6 Å². The highest BCUT2D eigenvalue weighted by molar-refractivity contribution is 6.03. The third-order valence-electron chi connectivity index (χ3n) is 4.50. The maximum Gasteiger partial charge on any atom is 0.410 e. The van der Waals surface area contributed by atoms with E-state index in [9.17, 15) is 24.5 Å². The topological polar surface area (TPSA) is 116 Å². The molecule has 31 heavy (non-hydrogen) atoms. The molecule has 2 rings (SSSR count). The van der Waals surface area contributed by atoms with Gasteiger partial charge in [0.25, 0.3) is 5.69 Å². The Morgan fingerprint density at radius 3 is 2.35 bits per heavy atom. The Morgan fingerprint density at radius 2 is 1.77 bits per heavy atom. The first kappa shape index (κ1) is 23.5. The molecule has 9 heteroatoms. The highest BCUT2D eigenvalue weighted by atomic mass is 16.6. The van der Waals surface area contributed by atoms with Crippen molar-refractivity contribution in [3.8, 4) is 0 Å². The van der Waals surface area contributed by atoms with Crippen LogP contribution in [0.3, 0.4) is 0 Å². The molecule has 0 saturated heterocycles. The lowest BCUT2D eigenvalue weighted by Crippen LogP contribution is -2.29. The van der Waals surface area contributed by atoms with Crippen molar-refractivity contribution >= 4 is 23.5 Å². The second-order valence-corrected chi connectivity index (χ2v) is 6.83. The van der Waals surface area contributed by atoms with Crippen LogP contribution in [0.5, 0.6) is 0 Å². The van der Waals surface area contributed by atoms with Gasteiger partial charge in [0.1, 0.15) is 18.3 Å².